The highest BCUT2D eigenvalue weighted by atomic mass is 127. The lowest BCUT2D eigenvalue weighted by atomic mass is 10.2. The second-order valence-electron chi connectivity index (χ2n) is 4.77. The van der Waals surface area contributed by atoms with Gasteiger partial charge in [0.2, 0.25) is 5.82 Å². The van der Waals surface area contributed by atoms with Crippen molar-refractivity contribution in [2.75, 3.05) is 7.11 Å². The van der Waals surface area contributed by atoms with E-state index in [0.29, 0.717) is 16.3 Å². The second kappa shape index (κ2) is 5.23. The average Bonchev–Trinajstić information content (AvgIpc) is 3.22. The topological polar surface area (TPSA) is 98.1 Å². The number of aryl methyl sites for hydroxylation is 1. The van der Waals surface area contributed by atoms with E-state index in [1.165, 1.54) is 18.4 Å². The number of fused-ring (bicyclic) bond motifs is 3. The minimum absolute atomic E-state index is 0.369. The molecule has 4 aromatic heterocycles. The minimum Gasteiger partial charge on any atom is -0.465 e. The number of esters is 1. The molecule has 0 aliphatic heterocycles. The smallest absolute Gasteiger partial charge is 0.348 e. The molecular weight excluding hydrogens is 431 g/mol. The zero-order valence-electron chi connectivity index (χ0n) is 12.0. The minimum atomic E-state index is -0.369. The molecule has 0 bridgehead atoms. The molecule has 116 valence electrons. The van der Waals surface area contributed by atoms with Crippen molar-refractivity contribution in [3.63, 3.8) is 0 Å². The number of halogens is 1. The fourth-order valence-electron chi connectivity index (χ4n) is 2.36. The van der Waals surface area contributed by atoms with Gasteiger partial charge in [0, 0.05) is 0 Å². The van der Waals surface area contributed by atoms with Crippen LogP contribution in [0.1, 0.15) is 15.2 Å². The van der Waals surface area contributed by atoms with Gasteiger partial charge in [-0.3, -0.25) is 5.10 Å². The van der Waals surface area contributed by atoms with Gasteiger partial charge in [0.15, 0.2) is 5.65 Å². The molecular formula is C13H9IN6O2S. The van der Waals surface area contributed by atoms with Crippen LogP contribution in [0.2, 0.25) is 0 Å². The van der Waals surface area contributed by atoms with E-state index in [1.807, 2.05) is 6.92 Å². The third-order valence-electron chi connectivity index (χ3n) is 3.45. The molecule has 4 heterocycles. The Balaban J connectivity index is 2.01. The number of H-pyrrole nitrogens is 1. The molecule has 0 saturated carbocycles. The monoisotopic (exact) mass is 440 g/mol. The maximum Gasteiger partial charge on any atom is 0.348 e. The van der Waals surface area contributed by atoms with Crippen molar-refractivity contribution in [3.8, 4) is 11.5 Å². The van der Waals surface area contributed by atoms with Crippen molar-refractivity contribution in [3.05, 3.63) is 26.5 Å². The van der Waals surface area contributed by atoms with E-state index >= 15 is 0 Å². The molecule has 8 nitrogen and oxygen atoms in total. The Labute approximate surface area is 147 Å². The van der Waals surface area contributed by atoms with E-state index in [1.54, 1.807) is 17.0 Å². The molecule has 4 aromatic rings. The van der Waals surface area contributed by atoms with Gasteiger partial charge in [0.1, 0.15) is 21.7 Å². The first kappa shape index (κ1) is 14.5. The summed E-state index contributed by atoms with van der Waals surface area (Å²) in [5.41, 5.74) is 2.20. The van der Waals surface area contributed by atoms with Gasteiger partial charge >= 0.3 is 5.97 Å². The predicted molar refractivity (Wildman–Crippen MR) is 92.5 cm³/mol. The van der Waals surface area contributed by atoms with Crippen molar-refractivity contribution in [2.45, 2.75) is 6.92 Å². The van der Waals surface area contributed by atoms with Crippen LogP contribution in [-0.4, -0.2) is 42.9 Å². The number of methoxy groups -OCH3 is 1. The van der Waals surface area contributed by atoms with Gasteiger partial charge in [-0.25, -0.2) is 19.3 Å². The number of thiophene rings is 1. The lowest BCUT2D eigenvalue weighted by molar-refractivity contribution is 0.0605. The molecule has 0 saturated heterocycles. The van der Waals surface area contributed by atoms with Gasteiger partial charge in [0.25, 0.3) is 0 Å². The average molecular weight is 440 g/mol. The first-order valence-corrected chi connectivity index (χ1v) is 8.41. The molecule has 0 aliphatic rings. The number of hydrogen-bond acceptors (Lipinski definition) is 7. The number of carbonyl (C=O) groups is 1. The molecule has 0 spiro atoms. The fourth-order valence-corrected chi connectivity index (χ4v) is 3.92. The summed E-state index contributed by atoms with van der Waals surface area (Å²) in [6.07, 6.45) is 3.30. The molecule has 4 rings (SSSR count). The summed E-state index contributed by atoms with van der Waals surface area (Å²) >= 11 is 3.46. The van der Waals surface area contributed by atoms with E-state index in [0.717, 1.165) is 25.0 Å². The van der Waals surface area contributed by atoms with Gasteiger partial charge in [-0.15, -0.1) is 16.4 Å². The summed E-state index contributed by atoms with van der Waals surface area (Å²) in [5, 5.41) is 12.1. The second-order valence-corrected chi connectivity index (χ2v) is 6.93. The van der Waals surface area contributed by atoms with Gasteiger partial charge in [-0.05, 0) is 35.1 Å². The van der Waals surface area contributed by atoms with Crippen LogP contribution in [0.5, 0.6) is 0 Å². The van der Waals surface area contributed by atoms with Crippen molar-refractivity contribution in [2.24, 2.45) is 0 Å². The van der Waals surface area contributed by atoms with Crippen LogP contribution in [0, 0.1) is 10.5 Å². The van der Waals surface area contributed by atoms with Crippen LogP contribution in [0.15, 0.2) is 12.5 Å². The SMILES string of the molecule is COC(=O)c1sc2ncn3nc(-c4[nH]ncc4I)nc3c2c1C. The highest BCUT2D eigenvalue weighted by Gasteiger charge is 2.21. The summed E-state index contributed by atoms with van der Waals surface area (Å²) in [5.74, 6) is 0.165. The third-order valence-corrected chi connectivity index (χ3v) is 5.45. The number of aromatic amines is 1. The van der Waals surface area contributed by atoms with Crippen LogP contribution in [0.3, 0.4) is 0 Å². The largest absolute Gasteiger partial charge is 0.465 e. The summed E-state index contributed by atoms with van der Waals surface area (Å²) in [7, 11) is 1.37. The Hall–Kier alpha value is -2.08. The highest BCUT2D eigenvalue weighted by molar-refractivity contribution is 14.1. The number of carbonyl (C=O) groups excluding carboxylic acids is 1. The molecule has 0 fully saturated rings. The van der Waals surface area contributed by atoms with E-state index in [4.69, 9.17) is 4.74 Å². The number of hydrogen-bond donors (Lipinski definition) is 1. The van der Waals surface area contributed by atoms with Crippen LogP contribution in [0.25, 0.3) is 27.4 Å². The quantitative estimate of drug-likeness (QED) is 0.380. The number of aromatic nitrogens is 6. The Morgan fingerprint density at radius 1 is 1.48 bits per heavy atom. The first-order valence-electron chi connectivity index (χ1n) is 6.52. The van der Waals surface area contributed by atoms with E-state index in [9.17, 15) is 4.79 Å². The summed E-state index contributed by atoms with van der Waals surface area (Å²) in [6.45, 7) is 1.86. The Kier molecular flexibility index (Phi) is 3.30. The van der Waals surface area contributed by atoms with Crippen molar-refractivity contribution >= 4 is 55.8 Å². The van der Waals surface area contributed by atoms with Gasteiger partial charge < -0.3 is 4.74 Å². The van der Waals surface area contributed by atoms with E-state index in [-0.39, 0.29) is 5.97 Å². The zero-order chi connectivity index (χ0) is 16.1. The number of nitrogens with zero attached hydrogens (tertiary/aromatic N) is 5. The molecule has 1 N–H and O–H groups in total. The Morgan fingerprint density at radius 3 is 3.00 bits per heavy atom. The first-order chi connectivity index (χ1) is 11.1. The molecule has 0 unspecified atom stereocenters. The molecule has 10 heteroatoms. The number of ether oxygens (including phenoxy) is 1. The molecule has 0 aromatic carbocycles. The normalized spacial score (nSPS) is 11.4. The van der Waals surface area contributed by atoms with Crippen LogP contribution >= 0.6 is 33.9 Å². The summed E-state index contributed by atoms with van der Waals surface area (Å²) in [4.78, 5) is 22.1. The third kappa shape index (κ3) is 2.12. The van der Waals surface area contributed by atoms with Gasteiger partial charge in [-0.2, -0.15) is 5.10 Å². The maximum atomic E-state index is 11.9. The van der Waals surface area contributed by atoms with Crippen molar-refractivity contribution in [1.82, 2.24) is 29.8 Å². The van der Waals surface area contributed by atoms with Crippen LogP contribution in [0.4, 0.5) is 0 Å². The van der Waals surface area contributed by atoms with Crippen LogP contribution in [-0.2, 0) is 4.74 Å². The zero-order valence-corrected chi connectivity index (χ0v) is 15.0. The van der Waals surface area contributed by atoms with Gasteiger partial charge in [-0.1, -0.05) is 0 Å². The van der Waals surface area contributed by atoms with Gasteiger partial charge in [0.05, 0.1) is 22.3 Å². The maximum absolute atomic E-state index is 11.9. The van der Waals surface area contributed by atoms with E-state index < -0.39 is 0 Å². The standard InChI is InChI=1S/C13H9IN6O2S/c1-5-7-11-17-10(8-6(14)3-16-18-8)19-20(11)4-15-12(7)23-9(5)13(21)22-2/h3-4H,1-2H3,(H,16,18). The molecule has 0 radical (unpaired) electrons. The van der Waals surface area contributed by atoms with Crippen molar-refractivity contribution in [1.29, 1.82) is 0 Å². The molecule has 0 aliphatic carbocycles. The predicted octanol–water partition coefficient (Wildman–Crippen LogP) is 2.43. The highest BCUT2D eigenvalue weighted by Crippen LogP contribution is 2.32. The molecule has 0 atom stereocenters. The Morgan fingerprint density at radius 2 is 2.30 bits per heavy atom. The lowest BCUT2D eigenvalue weighted by Gasteiger charge is -1.96. The lowest BCUT2D eigenvalue weighted by Crippen LogP contribution is -1.99. The molecule has 0 amide bonds. The number of rotatable bonds is 2. The Bertz CT molecular complexity index is 1070. The summed E-state index contributed by atoms with van der Waals surface area (Å²) < 4.78 is 7.36. The van der Waals surface area contributed by atoms with Crippen molar-refractivity contribution < 1.29 is 9.53 Å². The number of nitrogens with one attached hydrogen (secondary N) is 1. The van der Waals surface area contributed by atoms with Crippen LogP contribution < -0.4 is 0 Å². The fraction of sp³-hybridized carbons (Fsp3) is 0.154. The molecule has 23 heavy (non-hydrogen) atoms. The summed E-state index contributed by atoms with van der Waals surface area (Å²) in [6, 6.07) is 0. The van der Waals surface area contributed by atoms with E-state index in [2.05, 4.69) is 47.9 Å².